The van der Waals surface area contributed by atoms with Crippen molar-refractivity contribution in [1.29, 1.82) is 0 Å². The molecule has 0 saturated heterocycles. The van der Waals surface area contributed by atoms with Crippen LogP contribution in [0.2, 0.25) is 0 Å². The summed E-state index contributed by atoms with van der Waals surface area (Å²) in [6.07, 6.45) is 0.869. The second kappa shape index (κ2) is 8.03. The molecule has 5 heteroatoms. The van der Waals surface area contributed by atoms with Gasteiger partial charge in [0, 0.05) is 30.5 Å². The number of para-hydroxylation sites is 1. The maximum absolute atomic E-state index is 13.4. The lowest BCUT2D eigenvalue weighted by Crippen LogP contribution is -2.36. The number of amides is 1. The van der Waals surface area contributed by atoms with Crippen LogP contribution in [0, 0.1) is 6.92 Å². The van der Waals surface area contributed by atoms with Crippen LogP contribution in [-0.4, -0.2) is 28.5 Å². The number of hydrogen-bond donors (Lipinski definition) is 0. The Hall–Kier alpha value is -3.21. The molecule has 0 radical (unpaired) electrons. The van der Waals surface area contributed by atoms with Gasteiger partial charge in [-0.05, 0) is 50.5 Å². The van der Waals surface area contributed by atoms with Crippen LogP contribution in [0.1, 0.15) is 41.2 Å². The van der Waals surface area contributed by atoms with Gasteiger partial charge < -0.3 is 9.80 Å². The molecule has 0 spiro atoms. The van der Waals surface area contributed by atoms with Crippen molar-refractivity contribution >= 4 is 17.5 Å². The number of nitrogens with zero attached hydrogens (tertiary/aromatic N) is 4. The average molecular weight is 386 g/mol. The van der Waals surface area contributed by atoms with Crippen LogP contribution in [0.3, 0.4) is 0 Å². The summed E-state index contributed by atoms with van der Waals surface area (Å²) >= 11 is 0. The Kier molecular flexibility index (Phi) is 5.30. The van der Waals surface area contributed by atoms with Gasteiger partial charge in [0.05, 0.1) is 0 Å². The molecule has 1 aliphatic rings. The molecule has 2 heterocycles. The van der Waals surface area contributed by atoms with Crippen LogP contribution in [0.25, 0.3) is 0 Å². The van der Waals surface area contributed by atoms with Gasteiger partial charge in [-0.2, -0.15) is 0 Å². The Labute approximate surface area is 172 Å². The van der Waals surface area contributed by atoms with Crippen molar-refractivity contribution in [2.45, 2.75) is 39.8 Å². The molecule has 2 aromatic carbocycles. The molecule has 1 atom stereocenters. The average Bonchev–Trinajstić information content (AvgIpc) is 3.07. The molecule has 0 saturated carbocycles. The third kappa shape index (κ3) is 3.86. The Morgan fingerprint density at radius 2 is 1.83 bits per heavy atom. The van der Waals surface area contributed by atoms with E-state index in [1.807, 2.05) is 48.2 Å². The number of hydrogen-bond acceptors (Lipinski definition) is 4. The normalized spacial score (nSPS) is 15.3. The standard InChI is InChI=1S/C24H26N4O/c1-4-27(16-19-10-6-5-7-11-19)24-25-17(2)14-21(26-24)23(29)28-18(3)15-20-12-8-9-13-22(20)28/h5-14,18H,4,15-16H2,1-3H3. The van der Waals surface area contributed by atoms with Crippen molar-refractivity contribution in [3.63, 3.8) is 0 Å². The lowest BCUT2D eigenvalue weighted by Gasteiger charge is -2.24. The predicted octanol–water partition coefficient (Wildman–Crippen LogP) is 4.40. The number of fused-ring (bicyclic) bond motifs is 1. The zero-order valence-corrected chi connectivity index (χ0v) is 17.2. The molecule has 29 heavy (non-hydrogen) atoms. The minimum absolute atomic E-state index is 0.0648. The molecule has 0 bridgehead atoms. The molecular weight excluding hydrogens is 360 g/mol. The van der Waals surface area contributed by atoms with E-state index in [1.54, 1.807) is 6.07 Å². The minimum Gasteiger partial charge on any atom is -0.337 e. The zero-order chi connectivity index (χ0) is 20.4. The maximum Gasteiger partial charge on any atom is 0.277 e. The molecule has 0 N–H and O–H groups in total. The molecule has 1 aliphatic heterocycles. The van der Waals surface area contributed by atoms with Crippen molar-refractivity contribution < 1.29 is 4.79 Å². The molecule has 4 rings (SSSR count). The second-order valence-electron chi connectivity index (χ2n) is 7.55. The van der Waals surface area contributed by atoms with Crippen molar-refractivity contribution in [3.05, 3.63) is 83.2 Å². The first kappa shape index (κ1) is 19.1. The molecule has 1 amide bonds. The highest BCUT2D eigenvalue weighted by Crippen LogP contribution is 2.33. The largest absolute Gasteiger partial charge is 0.337 e. The highest BCUT2D eigenvalue weighted by molar-refractivity contribution is 6.06. The fraction of sp³-hybridized carbons (Fsp3) is 0.292. The van der Waals surface area contributed by atoms with E-state index in [-0.39, 0.29) is 11.9 Å². The number of aryl methyl sites for hydroxylation is 1. The van der Waals surface area contributed by atoms with Crippen LogP contribution in [0.15, 0.2) is 60.7 Å². The first-order valence-corrected chi connectivity index (χ1v) is 10.1. The summed E-state index contributed by atoms with van der Waals surface area (Å²) in [5.41, 5.74) is 4.63. The molecular formula is C24H26N4O. The van der Waals surface area contributed by atoms with E-state index in [4.69, 9.17) is 0 Å². The van der Waals surface area contributed by atoms with Crippen LogP contribution < -0.4 is 9.80 Å². The van der Waals surface area contributed by atoms with Crippen molar-refractivity contribution in [3.8, 4) is 0 Å². The SMILES string of the molecule is CCN(Cc1ccccc1)c1nc(C)cc(C(=O)N2c3ccccc3CC2C)n1. The van der Waals surface area contributed by atoms with Gasteiger partial charge in [0.15, 0.2) is 0 Å². The first-order valence-electron chi connectivity index (χ1n) is 10.1. The third-order valence-electron chi connectivity index (χ3n) is 5.37. The molecule has 0 fully saturated rings. The van der Waals surface area contributed by atoms with Crippen LogP contribution in [-0.2, 0) is 13.0 Å². The summed E-state index contributed by atoms with van der Waals surface area (Å²) < 4.78 is 0. The molecule has 1 aromatic heterocycles. The fourth-order valence-electron chi connectivity index (χ4n) is 3.93. The van der Waals surface area contributed by atoms with Gasteiger partial charge in [0.2, 0.25) is 5.95 Å². The number of anilines is 2. The Morgan fingerprint density at radius 3 is 2.59 bits per heavy atom. The maximum atomic E-state index is 13.4. The van der Waals surface area contributed by atoms with Gasteiger partial charge >= 0.3 is 0 Å². The van der Waals surface area contributed by atoms with Crippen LogP contribution in [0.4, 0.5) is 11.6 Å². The lowest BCUT2D eigenvalue weighted by molar-refractivity contribution is 0.0976. The van der Waals surface area contributed by atoms with Crippen molar-refractivity contribution in [2.24, 2.45) is 0 Å². The minimum atomic E-state index is -0.0648. The molecule has 148 valence electrons. The van der Waals surface area contributed by atoms with Gasteiger partial charge in [-0.15, -0.1) is 0 Å². The Morgan fingerprint density at radius 1 is 1.10 bits per heavy atom. The molecule has 5 nitrogen and oxygen atoms in total. The summed E-state index contributed by atoms with van der Waals surface area (Å²) in [6.45, 7) is 7.54. The van der Waals surface area contributed by atoms with E-state index in [0.29, 0.717) is 18.2 Å². The van der Waals surface area contributed by atoms with E-state index in [9.17, 15) is 4.79 Å². The summed E-state index contributed by atoms with van der Waals surface area (Å²) in [5, 5.41) is 0. The summed E-state index contributed by atoms with van der Waals surface area (Å²) in [4.78, 5) is 26.7. The monoisotopic (exact) mass is 386 g/mol. The van der Waals surface area contributed by atoms with Gasteiger partial charge in [-0.3, -0.25) is 4.79 Å². The Balaban J connectivity index is 1.65. The van der Waals surface area contributed by atoms with E-state index in [0.717, 1.165) is 24.3 Å². The van der Waals surface area contributed by atoms with E-state index >= 15 is 0 Å². The van der Waals surface area contributed by atoms with E-state index < -0.39 is 0 Å². The van der Waals surface area contributed by atoms with Crippen molar-refractivity contribution in [1.82, 2.24) is 9.97 Å². The quantitative estimate of drug-likeness (QED) is 0.652. The number of carbonyl (C=O) groups is 1. The predicted molar refractivity (Wildman–Crippen MR) is 116 cm³/mol. The molecule has 3 aromatic rings. The lowest BCUT2D eigenvalue weighted by atomic mass is 10.1. The van der Waals surface area contributed by atoms with Crippen molar-refractivity contribution in [2.75, 3.05) is 16.3 Å². The first-order chi connectivity index (χ1) is 14.1. The van der Waals surface area contributed by atoms with Gasteiger partial charge in [-0.25, -0.2) is 9.97 Å². The highest BCUT2D eigenvalue weighted by atomic mass is 16.2. The zero-order valence-electron chi connectivity index (χ0n) is 17.2. The van der Waals surface area contributed by atoms with Gasteiger partial charge in [0.1, 0.15) is 5.69 Å². The fourth-order valence-corrected chi connectivity index (χ4v) is 3.93. The van der Waals surface area contributed by atoms with E-state index in [2.05, 4.69) is 46.9 Å². The van der Waals surface area contributed by atoms with E-state index in [1.165, 1.54) is 11.1 Å². The van der Waals surface area contributed by atoms with Crippen LogP contribution in [0.5, 0.6) is 0 Å². The van der Waals surface area contributed by atoms with Gasteiger partial charge in [-0.1, -0.05) is 48.5 Å². The third-order valence-corrected chi connectivity index (χ3v) is 5.37. The number of carbonyl (C=O) groups excluding carboxylic acids is 1. The summed E-state index contributed by atoms with van der Waals surface area (Å²) in [6, 6.07) is 20.3. The smallest absolute Gasteiger partial charge is 0.277 e. The number of rotatable bonds is 5. The molecule has 1 unspecified atom stereocenters. The highest BCUT2D eigenvalue weighted by Gasteiger charge is 2.32. The van der Waals surface area contributed by atoms with Gasteiger partial charge in [0.25, 0.3) is 5.91 Å². The molecule has 0 aliphatic carbocycles. The van der Waals surface area contributed by atoms with Crippen LogP contribution >= 0.6 is 0 Å². The summed E-state index contributed by atoms with van der Waals surface area (Å²) in [7, 11) is 0. The topological polar surface area (TPSA) is 49.3 Å². The second-order valence-corrected chi connectivity index (χ2v) is 7.55. The number of benzene rings is 2. The Bertz CT molecular complexity index is 1020. The summed E-state index contributed by atoms with van der Waals surface area (Å²) in [5.74, 6) is 0.532. The number of aromatic nitrogens is 2.